The Morgan fingerprint density at radius 3 is 2.81 bits per heavy atom. The van der Waals surface area contributed by atoms with E-state index in [9.17, 15) is 4.79 Å². The molecule has 0 bridgehead atoms. The number of ether oxygens (including phenoxy) is 1. The predicted octanol–water partition coefficient (Wildman–Crippen LogP) is 3.19. The summed E-state index contributed by atoms with van der Waals surface area (Å²) < 4.78 is 10.4. The zero-order chi connectivity index (χ0) is 19.1. The molecular weight excluding hydrogens is 344 g/mol. The Bertz CT molecular complexity index is 783. The lowest BCUT2D eigenvalue weighted by Crippen LogP contribution is -2.35. The fourth-order valence-corrected chi connectivity index (χ4v) is 3.06. The molecule has 0 fully saturated rings. The standard InChI is InChI=1S/C20H26N4O3/c1-24(14-18(25)21-13-12-15-6-4-3-5-7-15)20-22-19(23-27-20)16-8-10-17(26-2)11-9-16/h6,8-11H,3-5,7,12-14H2,1-2H3,(H,21,25). The van der Waals surface area contributed by atoms with Crippen molar-refractivity contribution in [2.75, 3.05) is 32.1 Å². The molecule has 0 saturated heterocycles. The molecule has 7 heteroatoms. The summed E-state index contributed by atoms with van der Waals surface area (Å²) in [6.45, 7) is 0.836. The second kappa shape index (κ2) is 9.21. The Hall–Kier alpha value is -2.83. The van der Waals surface area contributed by atoms with Crippen molar-refractivity contribution in [2.24, 2.45) is 0 Å². The fourth-order valence-electron chi connectivity index (χ4n) is 3.06. The number of likely N-dealkylation sites (N-methyl/N-ethyl adjacent to an activating group) is 1. The predicted molar refractivity (Wildman–Crippen MR) is 104 cm³/mol. The van der Waals surface area contributed by atoms with Crippen LogP contribution in [0, 0.1) is 0 Å². The van der Waals surface area contributed by atoms with E-state index in [0.29, 0.717) is 18.4 Å². The van der Waals surface area contributed by atoms with Crippen LogP contribution in [0.1, 0.15) is 32.1 Å². The van der Waals surface area contributed by atoms with Gasteiger partial charge in [-0.3, -0.25) is 4.79 Å². The Kier molecular flexibility index (Phi) is 6.46. The summed E-state index contributed by atoms with van der Waals surface area (Å²) in [6, 6.07) is 7.71. The lowest BCUT2D eigenvalue weighted by molar-refractivity contribution is -0.119. The summed E-state index contributed by atoms with van der Waals surface area (Å²) in [5.41, 5.74) is 2.28. The van der Waals surface area contributed by atoms with E-state index in [4.69, 9.17) is 9.26 Å². The van der Waals surface area contributed by atoms with Crippen LogP contribution in [-0.4, -0.2) is 43.3 Å². The van der Waals surface area contributed by atoms with Gasteiger partial charge in [-0.1, -0.05) is 16.8 Å². The van der Waals surface area contributed by atoms with E-state index < -0.39 is 0 Å². The number of rotatable bonds is 8. The monoisotopic (exact) mass is 370 g/mol. The third-order valence-electron chi connectivity index (χ3n) is 4.62. The molecule has 1 aliphatic rings. The van der Waals surface area contributed by atoms with Crippen LogP contribution in [0.25, 0.3) is 11.4 Å². The molecule has 144 valence electrons. The average Bonchev–Trinajstić information content (AvgIpc) is 3.19. The lowest BCUT2D eigenvalue weighted by atomic mass is 9.97. The molecule has 27 heavy (non-hydrogen) atoms. The number of amides is 1. The first kappa shape index (κ1) is 18.9. The van der Waals surface area contributed by atoms with Crippen molar-refractivity contribution in [1.29, 1.82) is 0 Å². The molecule has 0 unspecified atom stereocenters. The molecule has 1 aromatic heterocycles. The highest BCUT2D eigenvalue weighted by Gasteiger charge is 2.15. The smallest absolute Gasteiger partial charge is 0.324 e. The van der Waals surface area contributed by atoms with Crippen LogP contribution in [0.5, 0.6) is 5.75 Å². The molecule has 3 rings (SSSR count). The molecule has 0 spiro atoms. The first-order chi connectivity index (χ1) is 13.2. The number of anilines is 1. The van der Waals surface area contributed by atoms with Crippen LogP contribution in [0.4, 0.5) is 6.01 Å². The van der Waals surface area contributed by atoms with Crippen molar-refractivity contribution in [3.05, 3.63) is 35.9 Å². The van der Waals surface area contributed by atoms with Crippen LogP contribution >= 0.6 is 0 Å². The summed E-state index contributed by atoms with van der Waals surface area (Å²) in [5, 5.41) is 6.94. The molecule has 1 N–H and O–H groups in total. The molecule has 7 nitrogen and oxygen atoms in total. The van der Waals surface area contributed by atoms with E-state index >= 15 is 0 Å². The number of hydrogen-bond acceptors (Lipinski definition) is 6. The summed E-state index contributed by atoms with van der Waals surface area (Å²) in [4.78, 5) is 18.1. The number of allylic oxidation sites excluding steroid dienone is 1. The quantitative estimate of drug-likeness (QED) is 0.719. The lowest BCUT2D eigenvalue weighted by Gasteiger charge is -2.15. The zero-order valence-corrected chi connectivity index (χ0v) is 15.9. The largest absolute Gasteiger partial charge is 0.497 e. The van der Waals surface area contributed by atoms with E-state index in [-0.39, 0.29) is 12.5 Å². The molecule has 1 amide bonds. The van der Waals surface area contributed by atoms with Gasteiger partial charge < -0.3 is 19.5 Å². The Morgan fingerprint density at radius 1 is 1.30 bits per heavy atom. The molecule has 0 radical (unpaired) electrons. The average molecular weight is 370 g/mol. The molecule has 0 atom stereocenters. The van der Waals surface area contributed by atoms with Gasteiger partial charge in [0.15, 0.2) is 0 Å². The minimum absolute atomic E-state index is 0.0573. The maximum atomic E-state index is 12.1. The Labute approximate surface area is 159 Å². The van der Waals surface area contributed by atoms with Gasteiger partial charge in [0.2, 0.25) is 11.7 Å². The van der Waals surface area contributed by atoms with Crippen LogP contribution in [0.15, 0.2) is 40.4 Å². The van der Waals surface area contributed by atoms with Gasteiger partial charge in [-0.25, -0.2) is 0 Å². The van der Waals surface area contributed by atoms with Crippen molar-refractivity contribution in [2.45, 2.75) is 32.1 Å². The van der Waals surface area contributed by atoms with Crippen molar-refractivity contribution in [3.63, 3.8) is 0 Å². The maximum Gasteiger partial charge on any atom is 0.324 e. The van der Waals surface area contributed by atoms with Gasteiger partial charge in [-0.15, -0.1) is 0 Å². The number of nitrogens with zero attached hydrogens (tertiary/aromatic N) is 3. The first-order valence-corrected chi connectivity index (χ1v) is 9.29. The normalized spacial score (nSPS) is 13.8. The van der Waals surface area contributed by atoms with Gasteiger partial charge in [-0.2, -0.15) is 4.98 Å². The van der Waals surface area contributed by atoms with Crippen LogP contribution in [0.3, 0.4) is 0 Å². The van der Waals surface area contributed by atoms with Crippen molar-refractivity contribution in [3.8, 4) is 17.1 Å². The number of aromatic nitrogens is 2. The number of methoxy groups -OCH3 is 1. The van der Waals surface area contributed by atoms with Gasteiger partial charge in [0.25, 0.3) is 0 Å². The second-order valence-electron chi connectivity index (χ2n) is 6.69. The topological polar surface area (TPSA) is 80.5 Å². The summed E-state index contributed by atoms with van der Waals surface area (Å²) in [5.74, 6) is 1.18. The Balaban J connectivity index is 1.48. The van der Waals surface area contributed by atoms with Crippen molar-refractivity contribution < 1.29 is 14.1 Å². The van der Waals surface area contributed by atoms with Gasteiger partial charge in [0.1, 0.15) is 12.3 Å². The SMILES string of the molecule is COc1ccc(-c2noc(N(C)CC(=O)NCCC3=CCCCC3)n2)cc1. The maximum absolute atomic E-state index is 12.1. The molecule has 0 aliphatic heterocycles. The van der Waals surface area contributed by atoms with Crippen molar-refractivity contribution in [1.82, 2.24) is 15.5 Å². The van der Waals surface area contributed by atoms with Crippen LogP contribution < -0.4 is 15.0 Å². The van der Waals surface area contributed by atoms with Crippen LogP contribution in [0.2, 0.25) is 0 Å². The van der Waals surface area contributed by atoms with Gasteiger partial charge >= 0.3 is 6.01 Å². The number of nitrogens with one attached hydrogen (secondary N) is 1. The number of carbonyl (C=O) groups excluding carboxylic acids is 1. The molecule has 1 aromatic carbocycles. The van der Waals surface area contributed by atoms with Gasteiger partial charge in [-0.05, 0) is 56.4 Å². The first-order valence-electron chi connectivity index (χ1n) is 9.29. The highest BCUT2D eigenvalue weighted by atomic mass is 16.5. The highest BCUT2D eigenvalue weighted by molar-refractivity contribution is 5.80. The summed E-state index contributed by atoms with van der Waals surface area (Å²) in [7, 11) is 3.38. The third kappa shape index (κ3) is 5.32. The Morgan fingerprint density at radius 2 is 2.11 bits per heavy atom. The minimum Gasteiger partial charge on any atom is -0.497 e. The molecule has 1 aliphatic carbocycles. The zero-order valence-electron chi connectivity index (χ0n) is 15.9. The summed E-state index contributed by atoms with van der Waals surface area (Å²) in [6.07, 6.45) is 8.10. The van der Waals surface area contributed by atoms with Gasteiger partial charge in [0, 0.05) is 19.2 Å². The summed E-state index contributed by atoms with van der Waals surface area (Å²) >= 11 is 0. The number of benzene rings is 1. The van der Waals surface area contributed by atoms with E-state index in [0.717, 1.165) is 24.2 Å². The number of carbonyl (C=O) groups is 1. The number of hydrogen-bond donors (Lipinski definition) is 1. The fraction of sp³-hybridized carbons (Fsp3) is 0.450. The molecule has 2 aromatic rings. The van der Waals surface area contributed by atoms with Crippen LogP contribution in [-0.2, 0) is 4.79 Å². The second-order valence-corrected chi connectivity index (χ2v) is 6.69. The molecule has 1 heterocycles. The van der Waals surface area contributed by atoms with E-state index in [1.165, 1.54) is 24.8 Å². The van der Waals surface area contributed by atoms with E-state index in [1.54, 1.807) is 19.1 Å². The molecule has 0 saturated carbocycles. The van der Waals surface area contributed by atoms with E-state index in [2.05, 4.69) is 21.5 Å². The van der Waals surface area contributed by atoms with E-state index in [1.807, 2.05) is 24.3 Å². The third-order valence-corrected chi connectivity index (χ3v) is 4.62. The van der Waals surface area contributed by atoms with Crippen molar-refractivity contribution >= 4 is 11.9 Å². The minimum atomic E-state index is -0.0573. The molecular formula is C20H26N4O3. The van der Waals surface area contributed by atoms with Gasteiger partial charge in [0.05, 0.1) is 7.11 Å². The highest BCUT2D eigenvalue weighted by Crippen LogP contribution is 2.22.